The van der Waals surface area contributed by atoms with Crippen molar-refractivity contribution in [3.63, 3.8) is 0 Å². The van der Waals surface area contributed by atoms with Crippen molar-refractivity contribution in [2.75, 3.05) is 0 Å². The summed E-state index contributed by atoms with van der Waals surface area (Å²) in [6.45, 7) is 3.33. The summed E-state index contributed by atoms with van der Waals surface area (Å²) in [5.41, 5.74) is 0. The first kappa shape index (κ1) is 9.31. The Kier molecular flexibility index (Phi) is 13.7. The average Bonchev–Trinajstić information content (AvgIpc) is 1.41. The number of rotatable bonds is 1. The monoisotopic (exact) mass is 173 g/mol. The van der Waals surface area contributed by atoms with Gasteiger partial charge >= 0.3 is 0 Å². The van der Waals surface area contributed by atoms with Crippen molar-refractivity contribution >= 4 is 0 Å². The number of allylic oxidation sites excluding steroid dienone is 1. The van der Waals surface area contributed by atoms with Gasteiger partial charge in [-0.3, -0.25) is 0 Å². The molecule has 1 nitrogen and oxygen atoms in total. The maximum atomic E-state index is 7.74. The molecule has 0 spiro atoms. The van der Waals surface area contributed by atoms with E-state index in [-0.39, 0.29) is 20.4 Å². The van der Waals surface area contributed by atoms with Crippen LogP contribution < -0.4 is 0 Å². The van der Waals surface area contributed by atoms with Gasteiger partial charge in [-0.1, -0.05) is 6.08 Å². The quantitative estimate of drug-likeness (QED) is 0.430. The number of nitriles is 1. The standard InChI is InChI=1S/C4H5N.Pd/c1-2-3-4-5;/h2H,1,3H2;. The normalized spacial score (nSPS) is 4.50. The molecule has 0 fully saturated rings. The molecule has 0 atom stereocenters. The third kappa shape index (κ3) is 9.09. The molecule has 0 saturated carbocycles. The van der Waals surface area contributed by atoms with Crippen LogP contribution in [0.5, 0.6) is 0 Å². The van der Waals surface area contributed by atoms with E-state index in [1.807, 2.05) is 6.07 Å². The minimum absolute atomic E-state index is 0. The van der Waals surface area contributed by atoms with Crippen molar-refractivity contribution in [1.29, 1.82) is 5.26 Å². The Bertz CT molecular complexity index is 62.4. The van der Waals surface area contributed by atoms with Gasteiger partial charge in [0, 0.05) is 20.4 Å². The molecule has 2 heteroatoms. The Morgan fingerprint density at radius 1 is 1.83 bits per heavy atom. The molecule has 0 aromatic heterocycles. The molecule has 0 aromatic carbocycles. The minimum atomic E-state index is 0. The summed E-state index contributed by atoms with van der Waals surface area (Å²) in [6.07, 6.45) is 2.03. The molecule has 0 saturated heterocycles. The summed E-state index contributed by atoms with van der Waals surface area (Å²) in [7, 11) is 0. The molecule has 0 heterocycles. The van der Waals surface area contributed by atoms with Gasteiger partial charge in [-0.15, -0.1) is 6.58 Å². The van der Waals surface area contributed by atoms with Crippen LogP contribution in [0.25, 0.3) is 0 Å². The molecule has 0 radical (unpaired) electrons. The van der Waals surface area contributed by atoms with Crippen molar-refractivity contribution in [1.82, 2.24) is 0 Å². The summed E-state index contributed by atoms with van der Waals surface area (Å²) >= 11 is 0. The summed E-state index contributed by atoms with van der Waals surface area (Å²) in [4.78, 5) is 0. The fourth-order valence-corrected chi connectivity index (χ4v) is 0.0645. The largest absolute Gasteiger partial charge is 0.198 e. The van der Waals surface area contributed by atoms with Crippen molar-refractivity contribution in [3.8, 4) is 6.07 Å². The molecule has 6 heavy (non-hydrogen) atoms. The zero-order chi connectivity index (χ0) is 4.12. The minimum Gasteiger partial charge on any atom is -0.198 e. The molecule has 0 unspecified atom stereocenters. The van der Waals surface area contributed by atoms with Crippen LogP contribution >= 0.6 is 0 Å². The Hall–Kier alpha value is -0.108. The maximum absolute atomic E-state index is 7.74. The summed E-state index contributed by atoms with van der Waals surface area (Å²) in [5.74, 6) is 0. The summed E-state index contributed by atoms with van der Waals surface area (Å²) < 4.78 is 0. The van der Waals surface area contributed by atoms with Crippen LogP contribution in [0.3, 0.4) is 0 Å². The van der Waals surface area contributed by atoms with Gasteiger partial charge in [-0.05, 0) is 0 Å². The van der Waals surface area contributed by atoms with E-state index in [0.717, 1.165) is 0 Å². The van der Waals surface area contributed by atoms with E-state index in [1.54, 1.807) is 6.08 Å². The van der Waals surface area contributed by atoms with Crippen LogP contribution in [0, 0.1) is 11.3 Å². The number of hydrogen-bond donors (Lipinski definition) is 0. The Balaban J connectivity index is 0. The first-order valence-electron chi connectivity index (χ1n) is 1.39. The Labute approximate surface area is 51.3 Å². The van der Waals surface area contributed by atoms with Crippen LogP contribution in [0.15, 0.2) is 12.7 Å². The van der Waals surface area contributed by atoms with E-state index < -0.39 is 0 Å². The molecule has 0 rings (SSSR count). The zero-order valence-corrected chi connectivity index (χ0v) is 4.81. The van der Waals surface area contributed by atoms with Gasteiger partial charge in [-0.2, -0.15) is 5.26 Å². The molecule has 0 aromatic rings. The van der Waals surface area contributed by atoms with E-state index in [0.29, 0.717) is 6.42 Å². The molecule has 0 aliphatic heterocycles. The molecule has 0 aliphatic carbocycles. The summed E-state index contributed by atoms with van der Waals surface area (Å²) in [5, 5.41) is 7.74. The Morgan fingerprint density at radius 3 is 2.33 bits per heavy atom. The van der Waals surface area contributed by atoms with Gasteiger partial charge in [0.2, 0.25) is 0 Å². The van der Waals surface area contributed by atoms with Gasteiger partial charge in [0.1, 0.15) is 0 Å². The van der Waals surface area contributed by atoms with Gasteiger partial charge in [0.25, 0.3) is 0 Å². The molecular weight excluding hydrogens is 168 g/mol. The van der Waals surface area contributed by atoms with E-state index in [2.05, 4.69) is 6.58 Å². The van der Waals surface area contributed by atoms with Crippen molar-refractivity contribution in [2.45, 2.75) is 6.42 Å². The molecule has 0 amide bonds. The van der Waals surface area contributed by atoms with E-state index in [9.17, 15) is 0 Å². The maximum Gasteiger partial charge on any atom is 0.0663 e. The van der Waals surface area contributed by atoms with Gasteiger partial charge in [-0.25, -0.2) is 0 Å². The molecular formula is C4H5NPd. The van der Waals surface area contributed by atoms with Gasteiger partial charge in [0.15, 0.2) is 0 Å². The average molecular weight is 174 g/mol. The SMILES string of the molecule is C=CCC#N.[Pd]. The number of hydrogen-bond acceptors (Lipinski definition) is 1. The van der Waals surface area contributed by atoms with Crippen molar-refractivity contribution in [3.05, 3.63) is 12.7 Å². The van der Waals surface area contributed by atoms with Crippen LogP contribution in [-0.4, -0.2) is 0 Å². The molecule has 0 bridgehead atoms. The van der Waals surface area contributed by atoms with Crippen LogP contribution in [0.4, 0.5) is 0 Å². The second kappa shape index (κ2) is 8.86. The third-order valence-corrected chi connectivity index (χ3v) is 0.236. The fraction of sp³-hybridized carbons (Fsp3) is 0.250. The summed E-state index contributed by atoms with van der Waals surface area (Å²) in [6, 6.07) is 1.90. The topological polar surface area (TPSA) is 23.8 Å². The van der Waals surface area contributed by atoms with Gasteiger partial charge < -0.3 is 0 Å². The molecule has 0 N–H and O–H groups in total. The predicted octanol–water partition coefficient (Wildman–Crippen LogP) is 1.08. The second-order valence-electron chi connectivity index (χ2n) is 0.651. The van der Waals surface area contributed by atoms with Crippen molar-refractivity contribution < 1.29 is 20.4 Å². The first-order valence-corrected chi connectivity index (χ1v) is 1.39. The van der Waals surface area contributed by atoms with Gasteiger partial charge in [0.05, 0.1) is 12.5 Å². The van der Waals surface area contributed by atoms with E-state index in [4.69, 9.17) is 5.26 Å². The first-order chi connectivity index (χ1) is 2.41. The van der Waals surface area contributed by atoms with Crippen LogP contribution in [-0.2, 0) is 20.4 Å². The Morgan fingerprint density at radius 2 is 2.33 bits per heavy atom. The molecule has 36 valence electrons. The third-order valence-electron chi connectivity index (χ3n) is 0.236. The number of nitrogens with zero attached hydrogens (tertiary/aromatic N) is 1. The fourth-order valence-electron chi connectivity index (χ4n) is 0.0645. The smallest absolute Gasteiger partial charge is 0.0663 e. The van der Waals surface area contributed by atoms with Crippen LogP contribution in [0.2, 0.25) is 0 Å². The molecule has 0 aliphatic rings. The van der Waals surface area contributed by atoms with Crippen LogP contribution in [0.1, 0.15) is 6.42 Å². The van der Waals surface area contributed by atoms with E-state index >= 15 is 0 Å². The second-order valence-corrected chi connectivity index (χ2v) is 0.651. The zero-order valence-electron chi connectivity index (χ0n) is 3.26. The van der Waals surface area contributed by atoms with E-state index in [1.165, 1.54) is 0 Å². The predicted molar refractivity (Wildman–Crippen MR) is 20.4 cm³/mol. The van der Waals surface area contributed by atoms with Crippen molar-refractivity contribution in [2.24, 2.45) is 0 Å².